The van der Waals surface area contributed by atoms with E-state index in [4.69, 9.17) is 0 Å². The third-order valence-electron chi connectivity index (χ3n) is 3.18. The highest BCUT2D eigenvalue weighted by Gasteiger charge is 2.41. The number of aliphatic hydroxyl groups excluding tert-OH is 1. The van der Waals surface area contributed by atoms with Crippen LogP contribution in [-0.4, -0.2) is 41.0 Å². The van der Waals surface area contributed by atoms with Gasteiger partial charge in [-0.15, -0.1) is 0 Å². The molecule has 3 N–H and O–H groups in total. The van der Waals surface area contributed by atoms with Gasteiger partial charge in [-0.1, -0.05) is 11.8 Å². The molecule has 1 aromatic heterocycles. The molecule has 1 aromatic rings. The van der Waals surface area contributed by atoms with E-state index in [1.54, 1.807) is 0 Å². The van der Waals surface area contributed by atoms with Crippen LogP contribution in [0.5, 0.6) is 0 Å². The number of hydrogen-bond donors (Lipinski definition) is 3. The van der Waals surface area contributed by atoms with Gasteiger partial charge in [-0.3, -0.25) is 0 Å². The third kappa shape index (κ3) is 3.26. The van der Waals surface area contributed by atoms with Crippen molar-refractivity contribution in [1.82, 2.24) is 9.97 Å². The number of aromatic nitrogens is 2. The van der Waals surface area contributed by atoms with E-state index in [0.717, 1.165) is 42.7 Å². The lowest BCUT2D eigenvalue weighted by atomic mass is 10.1. The maximum Gasteiger partial charge on any atom is 0.191 e. The summed E-state index contributed by atoms with van der Waals surface area (Å²) in [6.45, 7) is 3.91. The molecule has 0 aromatic carbocycles. The Morgan fingerprint density at radius 3 is 2.50 bits per heavy atom. The van der Waals surface area contributed by atoms with Crippen LogP contribution in [-0.2, 0) is 0 Å². The Morgan fingerprint density at radius 2 is 2.00 bits per heavy atom. The first-order valence-electron chi connectivity index (χ1n) is 6.23. The van der Waals surface area contributed by atoms with E-state index in [9.17, 15) is 5.11 Å². The van der Waals surface area contributed by atoms with E-state index in [0.29, 0.717) is 0 Å². The van der Waals surface area contributed by atoms with E-state index in [2.05, 4.69) is 20.6 Å². The molecule has 5 nitrogen and oxygen atoms in total. The lowest BCUT2D eigenvalue weighted by Crippen LogP contribution is -2.20. The molecule has 0 spiro atoms. The van der Waals surface area contributed by atoms with E-state index >= 15 is 0 Å². The molecule has 0 saturated heterocycles. The molecule has 0 aliphatic heterocycles. The molecular formula is C12H20N4OS. The molecule has 1 aliphatic rings. The maximum atomic E-state index is 9.28. The van der Waals surface area contributed by atoms with Crippen molar-refractivity contribution >= 4 is 23.4 Å². The van der Waals surface area contributed by atoms with Crippen LogP contribution in [0.15, 0.2) is 11.2 Å². The summed E-state index contributed by atoms with van der Waals surface area (Å²) in [5, 5.41) is 16.5. The molecular weight excluding hydrogens is 248 g/mol. The highest BCUT2D eigenvalue weighted by molar-refractivity contribution is 7.98. The number of nitrogens with zero attached hydrogens (tertiary/aromatic N) is 2. The highest BCUT2D eigenvalue weighted by atomic mass is 32.2. The van der Waals surface area contributed by atoms with Crippen molar-refractivity contribution in [2.45, 2.75) is 24.9 Å². The molecule has 2 rings (SSSR count). The second kappa shape index (κ2) is 5.75. The SMILES string of the molecule is CCNc1cc(NCC2(CO)CC2)nc(SC)n1. The molecule has 6 heteroatoms. The maximum absolute atomic E-state index is 9.28. The highest BCUT2D eigenvalue weighted by Crippen LogP contribution is 2.44. The van der Waals surface area contributed by atoms with E-state index in [1.807, 2.05) is 19.2 Å². The fourth-order valence-corrected chi connectivity index (χ4v) is 2.10. The minimum atomic E-state index is 0.0861. The quantitative estimate of drug-likeness (QED) is 0.517. The van der Waals surface area contributed by atoms with Gasteiger partial charge in [0, 0.05) is 24.6 Å². The predicted octanol–water partition coefficient (Wildman–Crippen LogP) is 1.81. The van der Waals surface area contributed by atoms with E-state index < -0.39 is 0 Å². The van der Waals surface area contributed by atoms with Gasteiger partial charge in [0.05, 0.1) is 6.61 Å². The van der Waals surface area contributed by atoms with Crippen molar-refractivity contribution in [2.24, 2.45) is 5.41 Å². The Kier molecular flexibility index (Phi) is 4.29. The Morgan fingerprint density at radius 1 is 1.33 bits per heavy atom. The van der Waals surface area contributed by atoms with Crippen LogP contribution >= 0.6 is 11.8 Å². The topological polar surface area (TPSA) is 70.1 Å². The molecule has 1 aliphatic carbocycles. The fraction of sp³-hybridized carbons (Fsp3) is 0.667. The monoisotopic (exact) mass is 268 g/mol. The number of thioether (sulfide) groups is 1. The van der Waals surface area contributed by atoms with Gasteiger partial charge in [-0.25, -0.2) is 9.97 Å². The number of nitrogens with one attached hydrogen (secondary N) is 2. The van der Waals surface area contributed by atoms with Crippen molar-refractivity contribution in [2.75, 3.05) is 36.6 Å². The number of aliphatic hydroxyl groups is 1. The van der Waals surface area contributed by atoms with Crippen LogP contribution in [0.1, 0.15) is 19.8 Å². The largest absolute Gasteiger partial charge is 0.396 e. The predicted molar refractivity (Wildman–Crippen MR) is 75.2 cm³/mol. The van der Waals surface area contributed by atoms with Crippen LogP contribution < -0.4 is 10.6 Å². The van der Waals surface area contributed by atoms with Gasteiger partial charge in [0.1, 0.15) is 11.6 Å². The Bertz CT molecular complexity index is 409. The Hall–Kier alpha value is -1.01. The number of hydrogen-bond acceptors (Lipinski definition) is 6. The second-order valence-corrected chi connectivity index (χ2v) is 5.44. The zero-order valence-corrected chi connectivity index (χ0v) is 11.7. The van der Waals surface area contributed by atoms with Gasteiger partial charge in [-0.05, 0) is 26.0 Å². The lowest BCUT2D eigenvalue weighted by Gasteiger charge is -2.14. The molecule has 1 saturated carbocycles. The van der Waals surface area contributed by atoms with Crippen LogP contribution in [0.25, 0.3) is 0 Å². The first-order chi connectivity index (χ1) is 8.71. The molecule has 0 amide bonds. The van der Waals surface area contributed by atoms with Crippen molar-refractivity contribution in [3.63, 3.8) is 0 Å². The molecule has 0 bridgehead atoms. The Balaban J connectivity index is 2.04. The molecule has 18 heavy (non-hydrogen) atoms. The first-order valence-corrected chi connectivity index (χ1v) is 7.45. The third-order valence-corrected chi connectivity index (χ3v) is 3.73. The summed E-state index contributed by atoms with van der Waals surface area (Å²) in [7, 11) is 0. The summed E-state index contributed by atoms with van der Waals surface area (Å²) < 4.78 is 0. The standard InChI is InChI=1S/C12H20N4OS/c1-3-13-9-6-10(16-11(15-9)18-2)14-7-12(8-17)4-5-12/h6,17H,3-5,7-8H2,1-2H3,(H2,13,14,15,16). The second-order valence-electron chi connectivity index (χ2n) is 4.67. The number of rotatable bonds is 7. The van der Waals surface area contributed by atoms with Crippen molar-refractivity contribution in [1.29, 1.82) is 0 Å². The normalized spacial score (nSPS) is 16.4. The Labute approximate surface area is 112 Å². The summed E-state index contributed by atoms with van der Waals surface area (Å²) >= 11 is 1.53. The molecule has 0 atom stereocenters. The molecule has 1 fully saturated rings. The van der Waals surface area contributed by atoms with Crippen LogP contribution in [0.4, 0.5) is 11.6 Å². The van der Waals surface area contributed by atoms with Crippen LogP contribution in [0, 0.1) is 5.41 Å². The molecule has 100 valence electrons. The fourth-order valence-electron chi connectivity index (χ4n) is 1.72. The average molecular weight is 268 g/mol. The summed E-state index contributed by atoms with van der Waals surface area (Å²) in [4.78, 5) is 8.79. The van der Waals surface area contributed by atoms with E-state index in [-0.39, 0.29) is 12.0 Å². The van der Waals surface area contributed by atoms with Gasteiger partial charge in [0.15, 0.2) is 5.16 Å². The van der Waals surface area contributed by atoms with Crippen LogP contribution in [0.3, 0.4) is 0 Å². The van der Waals surface area contributed by atoms with Crippen LogP contribution in [0.2, 0.25) is 0 Å². The smallest absolute Gasteiger partial charge is 0.191 e. The first kappa shape index (κ1) is 13.4. The van der Waals surface area contributed by atoms with Gasteiger partial charge in [0.25, 0.3) is 0 Å². The minimum Gasteiger partial charge on any atom is -0.396 e. The summed E-state index contributed by atoms with van der Waals surface area (Å²) in [5.74, 6) is 1.67. The van der Waals surface area contributed by atoms with Crippen molar-refractivity contribution < 1.29 is 5.11 Å². The van der Waals surface area contributed by atoms with Crippen molar-refractivity contribution in [3.8, 4) is 0 Å². The molecule has 1 heterocycles. The summed E-state index contributed by atoms with van der Waals surface area (Å²) in [6.07, 6.45) is 4.15. The number of anilines is 2. The zero-order valence-electron chi connectivity index (χ0n) is 10.9. The van der Waals surface area contributed by atoms with Gasteiger partial charge < -0.3 is 15.7 Å². The minimum absolute atomic E-state index is 0.0861. The molecule has 0 unspecified atom stereocenters. The average Bonchev–Trinajstić information content (AvgIpc) is 3.17. The lowest BCUT2D eigenvalue weighted by molar-refractivity contribution is 0.219. The van der Waals surface area contributed by atoms with Gasteiger partial charge >= 0.3 is 0 Å². The molecule has 0 radical (unpaired) electrons. The van der Waals surface area contributed by atoms with Crippen molar-refractivity contribution in [3.05, 3.63) is 6.07 Å². The zero-order chi connectivity index (χ0) is 13.0. The van der Waals surface area contributed by atoms with E-state index in [1.165, 1.54) is 11.8 Å². The van der Waals surface area contributed by atoms with Gasteiger partial charge in [-0.2, -0.15) is 0 Å². The summed E-state index contributed by atoms with van der Waals surface area (Å²) in [6, 6.07) is 1.91. The van der Waals surface area contributed by atoms with Gasteiger partial charge in [0.2, 0.25) is 0 Å². The summed E-state index contributed by atoms with van der Waals surface area (Å²) in [5.41, 5.74) is 0.0861.